The molecule has 1 aliphatic carbocycles. The minimum atomic E-state index is -0.789. The van der Waals surface area contributed by atoms with Crippen molar-refractivity contribution in [3.63, 3.8) is 0 Å². The van der Waals surface area contributed by atoms with Crippen molar-refractivity contribution in [3.05, 3.63) is 42.0 Å². The zero-order valence-corrected chi connectivity index (χ0v) is 19.1. The van der Waals surface area contributed by atoms with E-state index in [2.05, 4.69) is 5.32 Å². The number of imide groups is 1. The first-order valence-corrected chi connectivity index (χ1v) is 11.3. The molecule has 1 heterocycles. The van der Waals surface area contributed by atoms with Gasteiger partial charge in [0.05, 0.1) is 24.0 Å². The molecule has 3 rings (SSSR count). The Kier molecular flexibility index (Phi) is 7.19. The molecule has 1 aliphatic heterocycles. The molecule has 1 aromatic rings. The third-order valence-electron chi connectivity index (χ3n) is 5.94. The lowest BCUT2D eigenvalue weighted by Crippen LogP contribution is -2.51. The molecule has 0 radical (unpaired) electrons. The molecule has 168 valence electrons. The van der Waals surface area contributed by atoms with Gasteiger partial charge in [-0.05, 0) is 63.6 Å². The first kappa shape index (κ1) is 23.0. The minimum Gasteiger partial charge on any atom is -0.491 e. The van der Waals surface area contributed by atoms with Crippen LogP contribution in [0.2, 0.25) is 0 Å². The van der Waals surface area contributed by atoms with E-state index in [0.29, 0.717) is 19.3 Å². The molecule has 6 heteroatoms. The van der Waals surface area contributed by atoms with Crippen LogP contribution in [-0.4, -0.2) is 34.8 Å². The van der Waals surface area contributed by atoms with Crippen molar-refractivity contribution in [1.29, 1.82) is 0 Å². The van der Waals surface area contributed by atoms with Gasteiger partial charge in [0.2, 0.25) is 17.7 Å². The highest BCUT2D eigenvalue weighted by Gasteiger charge is 2.51. The average Bonchev–Trinajstić information content (AvgIpc) is 2.96. The molecule has 1 fully saturated rings. The normalized spacial score (nSPS) is 22.6. The molecule has 4 atom stereocenters. The molecule has 0 aromatic heterocycles. The van der Waals surface area contributed by atoms with Gasteiger partial charge in [0.25, 0.3) is 0 Å². The molecule has 0 saturated carbocycles. The van der Waals surface area contributed by atoms with E-state index in [1.54, 1.807) is 0 Å². The summed E-state index contributed by atoms with van der Waals surface area (Å²) in [6.45, 7) is 9.82. The number of benzene rings is 1. The van der Waals surface area contributed by atoms with Gasteiger partial charge in [0.15, 0.2) is 0 Å². The highest BCUT2D eigenvalue weighted by Crippen LogP contribution is 2.37. The van der Waals surface area contributed by atoms with E-state index in [4.69, 9.17) is 4.74 Å². The molecule has 2 aliphatic rings. The molecule has 0 unspecified atom stereocenters. The maximum atomic E-state index is 13.3. The Morgan fingerprint density at radius 3 is 2.23 bits per heavy atom. The summed E-state index contributed by atoms with van der Waals surface area (Å²) in [5, 5.41) is 3.03. The lowest BCUT2D eigenvalue weighted by atomic mass is 9.85. The quantitative estimate of drug-likeness (QED) is 0.503. The van der Waals surface area contributed by atoms with E-state index in [1.807, 2.05) is 71.0 Å². The largest absolute Gasteiger partial charge is 0.491 e. The molecule has 0 spiro atoms. The summed E-state index contributed by atoms with van der Waals surface area (Å²) in [6, 6.07) is 6.55. The van der Waals surface area contributed by atoms with Gasteiger partial charge in [0, 0.05) is 0 Å². The summed E-state index contributed by atoms with van der Waals surface area (Å²) >= 11 is 0. The van der Waals surface area contributed by atoms with Crippen LogP contribution in [0.4, 0.5) is 0 Å². The Morgan fingerprint density at radius 1 is 1.06 bits per heavy atom. The number of hydrogen-bond donors (Lipinski definition) is 1. The Balaban J connectivity index is 1.78. The van der Waals surface area contributed by atoms with Gasteiger partial charge in [-0.3, -0.25) is 19.3 Å². The van der Waals surface area contributed by atoms with Gasteiger partial charge >= 0.3 is 0 Å². The lowest BCUT2D eigenvalue weighted by molar-refractivity contribution is -0.148. The average molecular weight is 427 g/mol. The number of carbonyl (C=O) groups excluding carboxylic acids is 3. The zero-order chi connectivity index (χ0) is 22.7. The van der Waals surface area contributed by atoms with E-state index in [9.17, 15) is 14.4 Å². The molecule has 1 aromatic carbocycles. The Bertz CT molecular complexity index is 835. The fourth-order valence-corrected chi connectivity index (χ4v) is 4.43. The van der Waals surface area contributed by atoms with Crippen molar-refractivity contribution in [2.45, 2.75) is 72.1 Å². The number of likely N-dealkylation sites (tertiary alicyclic amines) is 1. The number of allylic oxidation sites excluding steroid dienone is 2. The molecule has 0 bridgehead atoms. The first-order valence-electron chi connectivity index (χ1n) is 11.3. The predicted octanol–water partition coefficient (Wildman–Crippen LogP) is 4.02. The predicted molar refractivity (Wildman–Crippen MR) is 119 cm³/mol. The van der Waals surface area contributed by atoms with Gasteiger partial charge < -0.3 is 10.1 Å². The summed E-state index contributed by atoms with van der Waals surface area (Å²) in [5.74, 6) is -0.460. The van der Waals surface area contributed by atoms with E-state index in [-0.39, 0.29) is 47.6 Å². The topological polar surface area (TPSA) is 75.7 Å². The number of carbonyl (C=O) groups is 3. The number of amides is 3. The van der Waals surface area contributed by atoms with E-state index >= 15 is 0 Å². The van der Waals surface area contributed by atoms with E-state index < -0.39 is 6.04 Å². The maximum absolute atomic E-state index is 13.3. The van der Waals surface area contributed by atoms with Crippen LogP contribution in [0.1, 0.15) is 65.5 Å². The summed E-state index contributed by atoms with van der Waals surface area (Å²) in [6.07, 6.45) is 5.56. The molecular weight excluding hydrogens is 392 g/mol. The molecule has 6 nitrogen and oxygen atoms in total. The fourth-order valence-electron chi connectivity index (χ4n) is 4.43. The summed E-state index contributed by atoms with van der Waals surface area (Å²) in [7, 11) is 0. The number of rotatable bonds is 8. The fraction of sp³-hybridized carbons (Fsp3) is 0.560. The lowest BCUT2D eigenvalue weighted by Gasteiger charge is -2.29. The third-order valence-corrected chi connectivity index (χ3v) is 5.94. The van der Waals surface area contributed by atoms with Crippen molar-refractivity contribution in [2.75, 3.05) is 0 Å². The second kappa shape index (κ2) is 9.67. The van der Waals surface area contributed by atoms with Crippen molar-refractivity contribution in [1.82, 2.24) is 10.2 Å². The van der Waals surface area contributed by atoms with Gasteiger partial charge in [-0.25, -0.2) is 0 Å². The van der Waals surface area contributed by atoms with Gasteiger partial charge in [-0.1, -0.05) is 38.1 Å². The zero-order valence-electron chi connectivity index (χ0n) is 19.1. The molecule has 1 N–H and O–H groups in total. The van der Waals surface area contributed by atoms with Crippen LogP contribution < -0.4 is 10.1 Å². The van der Waals surface area contributed by atoms with Crippen LogP contribution in [0.15, 0.2) is 36.4 Å². The van der Waals surface area contributed by atoms with Crippen LogP contribution >= 0.6 is 0 Å². The number of hydrogen-bond acceptors (Lipinski definition) is 4. The smallest absolute Gasteiger partial charge is 0.243 e. The van der Waals surface area contributed by atoms with E-state index in [0.717, 1.165) is 11.3 Å². The number of fused-ring (bicyclic) bond motifs is 1. The van der Waals surface area contributed by atoms with Crippen molar-refractivity contribution < 1.29 is 19.1 Å². The van der Waals surface area contributed by atoms with Gasteiger partial charge in [-0.15, -0.1) is 0 Å². The van der Waals surface area contributed by atoms with E-state index in [1.165, 1.54) is 4.90 Å². The highest BCUT2D eigenvalue weighted by atomic mass is 16.5. The second-order valence-electron chi connectivity index (χ2n) is 9.32. The molecule has 1 saturated heterocycles. The number of ether oxygens (including phenoxy) is 1. The number of nitrogens with one attached hydrogen (secondary N) is 1. The van der Waals surface area contributed by atoms with Gasteiger partial charge in [-0.2, -0.15) is 0 Å². The SMILES string of the molecule is CC(C)C[C@H](C(=O)N[C@@H](C)c1cccc(OC(C)C)c1)N1C(=O)[C@H]2CC=CC[C@H]2C1=O. The maximum Gasteiger partial charge on any atom is 0.243 e. The van der Waals surface area contributed by atoms with Crippen molar-refractivity contribution in [2.24, 2.45) is 17.8 Å². The Morgan fingerprint density at radius 2 is 1.68 bits per heavy atom. The Hall–Kier alpha value is -2.63. The van der Waals surface area contributed by atoms with Crippen LogP contribution in [0, 0.1) is 17.8 Å². The standard InChI is InChI=1S/C25H34N2O4/c1-15(2)13-22(27-24(29)20-11-6-7-12-21(20)25(27)30)23(28)26-17(5)18-9-8-10-19(14-18)31-16(3)4/h6-10,14-17,20-22H,11-13H2,1-5H3,(H,26,28)/t17-,20-,21+,22+/m0/s1. The van der Waals surface area contributed by atoms with Crippen LogP contribution in [0.3, 0.4) is 0 Å². The third kappa shape index (κ3) is 5.17. The second-order valence-corrected chi connectivity index (χ2v) is 9.32. The molecule has 31 heavy (non-hydrogen) atoms. The van der Waals surface area contributed by atoms with Crippen LogP contribution in [0.5, 0.6) is 5.75 Å². The summed E-state index contributed by atoms with van der Waals surface area (Å²) in [4.78, 5) is 40.7. The van der Waals surface area contributed by atoms with Crippen LogP contribution in [-0.2, 0) is 14.4 Å². The van der Waals surface area contributed by atoms with Gasteiger partial charge in [0.1, 0.15) is 11.8 Å². The van der Waals surface area contributed by atoms with Crippen LogP contribution in [0.25, 0.3) is 0 Å². The number of nitrogens with zero attached hydrogens (tertiary/aromatic N) is 1. The Labute approximate surface area is 185 Å². The first-order chi connectivity index (χ1) is 14.7. The summed E-state index contributed by atoms with van der Waals surface area (Å²) in [5.41, 5.74) is 0.909. The summed E-state index contributed by atoms with van der Waals surface area (Å²) < 4.78 is 5.76. The molecule has 3 amide bonds. The highest BCUT2D eigenvalue weighted by molar-refractivity contribution is 6.08. The minimum absolute atomic E-state index is 0.0563. The monoisotopic (exact) mass is 426 g/mol. The van der Waals surface area contributed by atoms with Crippen molar-refractivity contribution >= 4 is 17.7 Å². The molecular formula is C25H34N2O4. The van der Waals surface area contributed by atoms with Crippen molar-refractivity contribution in [3.8, 4) is 5.75 Å².